The Balaban J connectivity index is 1.79. The highest BCUT2D eigenvalue weighted by atomic mass is 35.5. The fourth-order valence-electron chi connectivity index (χ4n) is 2.97. The lowest BCUT2D eigenvalue weighted by Gasteiger charge is -2.15. The van der Waals surface area contributed by atoms with Gasteiger partial charge in [0.2, 0.25) is 11.8 Å². The summed E-state index contributed by atoms with van der Waals surface area (Å²) in [5.41, 5.74) is 2.00. The maximum absolute atomic E-state index is 12.7. The Hall–Kier alpha value is -2.92. The summed E-state index contributed by atoms with van der Waals surface area (Å²) in [5.74, 6) is -1.98. The minimum Gasteiger partial charge on any atom is -0.478 e. The molecular formula is C20H16ClNO4. The highest BCUT2D eigenvalue weighted by Crippen LogP contribution is 2.29. The van der Waals surface area contributed by atoms with Crippen LogP contribution in [-0.4, -0.2) is 22.9 Å². The molecule has 26 heavy (non-hydrogen) atoms. The SMILES string of the molecule is O=C(O)C=Cc1cccc(N2C(=O)CC(Cc3ccc(Cl)cc3)C2=O)c1. The topological polar surface area (TPSA) is 74.7 Å². The third kappa shape index (κ3) is 4.00. The third-order valence-electron chi connectivity index (χ3n) is 4.18. The first kappa shape index (κ1) is 17.9. The van der Waals surface area contributed by atoms with Gasteiger partial charge in [0.25, 0.3) is 0 Å². The second-order valence-corrected chi connectivity index (χ2v) is 6.50. The van der Waals surface area contributed by atoms with Crippen LogP contribution in [0.1, 0.15) is 17.5 Å². The zero-order chi connectivity index (χ0) is 18.7. The largest absolute Gasteiger partial charge is 0.478 e. The van der Waals surface area contributed by atoms with Crippen LogP contribution in [0, 0.1) is 5.92 Å². The first-order chi connectivity index (χ1) is 12.4. The van der Waals surface area contributed by atoms with Gasteiger partial charge in [-0.15, -0.1) is 0 Å². The zero-order valence-electron chi connectivity index (χ0n) is 13.8. The maximum Gasteiger partial charge on any atom is 0.328 e. The van der Waals surface area contributed by atoms with Crippen molar-refractivity contribution in [2.45, 2.75) is 12.8 Å². The minimum atomic E-state index is -1.06. The molecule has 1 N–H and O–H groups in total. The molecule has 2 amide bonds. The number of carboxylic acid groups (broad SMARTS) is 1. The van der Waals surface area contributed by atoms with Gasteiger partial charge in [-0.1, -0.05) is 35.9 Å². The molecule has 1 saturated heterocycles. The molecule has 6 heteroatoms. The summed E-state index contributed by atoms with van der Waals surface area (Å²) in [6, 6.07) is 13.9. The lowest BCUT2D eigenvalue weighted by atomic mass is 9.98. The van der Waals surface area contributed by atoms with Crippen LogP contribution in [0.15, 0.2) is 54.6 Å². The van der Waals surface area contributed by atoms with Crippen LogP contribution in [0.2, 0.25) is 5.02 Å². The molecule has 1 heterocycles. The maximum atomic E-state index is 12.7. The molecular weight excluding hydrogens is 354 g/mol. The van der Waals surface area contributed by atoms with Crippen molar-refractivity contribution in [2.75, 3.05) is 4.90 Å². The van der Waals surface area contributed by atoms with E-state index in [9.17, 15) is 14.4 Å². The van der Waals surface area contributed by atoms with Crippen molar-refractivity contribution >= 4 is 41.1 Å². The first-order valence-corrected chi connectivity index (χ1v) is 8.44. The van der Waals surface area contributed by atoms with Gasteiger partial charge in [0.1, 0.15) is 0 Å². The van der Waals surface area contributed by atoms with E-state index in [2.05, 4.69) is 0 Å². The number of hydrogen-bond donors (Lipinski definition) is 1. The number of hydrogen-bond acceptors (Lipinski definition) is 3. The number of benzene rings is 2. The molecule has 1 atom stereocenters. The smallest absolute Gasteiger partial charge is 0.328 e. The van der Waals surface area contributed by atoms with Gasteiger partial charge in [-0.25, -0.2) is 4.79 Å². The van der Waals surface area contributed by atoms with E-state index >= 15 is 0 Å². The number of carbonyl (C=O) groups is 3. The number of imide groups is 1. The summed E-state index contributed by atoms with van der Waals surface area (Å²) in [6.07, 6.45) is 3.05. The highest BCUT2D eigenvalue weighted by Gasteiger charge is 2.39. The molecule has 3 rings (SSSR count). The lowest BCUT2D eigenvalue weighted by Crippen LogP contribution is -2.30. The van der Waals surface area contributed by atoms with Crippen molar-refractivity contribution in [1.29, 1.82) is 0 Å². The van der Waals surface area contributed by atoms with Gasteiger partial charge in [-0.3, -0.25) is 14.5 Å². The number of carboxylic acids is 1. The van der Waals surface area contributed by atoms with E-state index in [4.69, 9.17) is 16.7 Å². The summed E-state index contributed by atoms with van der Waals surface area (Å²) in [4.78, 5) is 36.9. The highest BCUT2D eigenvalue weighted by molar-refractivity contribution is 6.30. The van der Waals surface area contributed by atoms with Gasteiger partial charge in [-0.2, -0.15) is 0 Å². The van der Waals surface area contributed by atoms with Crippen molar-refractivity contribution < 1.29 is 19.5 Å². The summed E-state index contributed by atoms with van der Waals surface area (Å²) in [6.45, 7) is 0. The summed E-state index contributed by atoms with van der Waals surface area (Å²) in [5, 5.41) is 9.34. The standard InChI is InChI=1S/C20H16ClNO4/c21-16-7-4-14(5-8-16)10-15-12-18(23)22(20(15)26)17-3-1-2-13(11-17)6-9-19(24)25/h1-9,11,15H,10,12H2,(H,24,25). The van der Waals surface area contributed by atoms with Gasteiger partial charge in [-0.05, 0) is 47.9 Å². The number of halogens is 1. The Bertz CT molecular complexity index is 889. The van der Waals surface area contributed by atoms with Crippen molar-refractivity contribution in [2.24, 2.45) is 5.92 Å². The molecule has 1 fully saturated rings. The Kier molecular flexibility index (Phi) is 5.19. The number of rotatable bonds is 5. The second-order valence-electron chi connectivity index (χ2n) is 6.07. The predicted octanol–water partition coefficient (Wildman–Crippen LogP) is 3.56. The number of anilines is 1. The van der Waals surface area contributed by atoms with E-state index in [0.717, 1.165) is 11.6 Å². The van der Waals surface area contributed by atoms with Gasteiger partial charge < -0.3 is 5.11 Å². The quantitative estimate of drug-likeness (QED) is 0.646. The molecule has 1 aliphatic rings. The summed E-state index contributed by atoms with van der Waals surface area (Å²) in [7, 11) is 0. The fraction of sp³-hybridized carbons (Fsp3) is 0.150. The molecule has 0 aliphatic carbocycles. The number of nitrogens with zero attached hydrogens (tertiary/aromatic N) is 1. The average molecular weight is 370 g/mol. The van der Waals surface area contributed by atoms with E-state index < -0.39 is 11.9 Å². The third-order valence-corrected chi connectivity index (χ3v) is 4.43. The second kappa shape index (κ2) is 7.54. The number of carbonyl (C=O) groups excluding carboxylic acids is 2. The van der Waals surface area contributed by atoms with Crippen molar-refractivity contribution in [3.63, 3.8) is 0 Å². The minimum absolute atomic E-state index is 0.149. The van der Waals surface area contributed by atoms with Crippen molar-refractivity contribution in [1.82, 2.24) is 0 Å². The monoisotopic (exact) mass is 369 g/mol. The van der Waals surface area contributed by atoms with Crippen LogP contribution in [0.3, 0.4) is 0 Å². The molecule has 0 aromatic heterocycles. The molecule has 0 radical (unpaired) electrons. The molecule has 0 saturated carbocycles. The molecule has 2 aromatic carbocycles. The Labute approximate surface area is 155 Å². The molecule has 1 unspecified atom stereocenters. The first-order valence-electron chi connectivity index (χ1n) is 8.06. The molecule has 1 aliphatic heterocycles. The predicted molar refractivity (Wildman–Crippen MR) is 98.9 cm³/mol. The zero-order valence-corrected chi connectivity index (χ0v) is 14.5. The Morgan fingerprint density at radius 3 is 2.62 bits per heavy atom. The summed E-state index contributed by atoms with van der Waals surface area (Å²) >= 11 is 5.87. The molecule has 132 valence electrons. The van der Waals surface area contributed by atoms with E-state index in [1.54, 1.807) is 36.4 Å². The molecule has 2 aromatic rings. The normalized spacial score (nSPS) is 17.3. The van der Waals surface area contributed by atoms with E-state index in [1.807, 2.05) is 12.1 Å². The van der Waals surface area contributed by atoms with Crippen LogP contribution in [-0.2, 0) is 20.8 Å². The number of aliphatic carboxylic acids is 1. The Morgan fingerprint density at radius 1 is 1.19 bits per heavy atom. The lowest BCUT2D eigenvalue weighted by molar-refractivity contribution is -0.131. The van der Waals surface area contributed by atoms with Crippen LogP contribution < -0.4 is 4.90 Å². The van der Waals surface area contributed by atoms with Crippen LogP contribution in [0.25, 0.3) is 6.08 Å². The molecule has 5 nitrogen and oxygen atoms in total. The Morgan fingerprint density at radius 2 is 1.92 bits per heavy atom. The van der Waals surface area contributed by atoms with Crippen molar-refractivity contribution in [3.8, 4) is 0 Å². The van der Waals surface area contributed by atoms with Gasteiger partial charge in [0, 0.05) is 17.5 Å². The number of amides is 2. The van der Waals surface area contributed by atoms with Crippen LogP contribution in [0.4, 0.5) is 5.69 Å². The van der Waals surface area contributed by atoms with Crippen LogP contribution >= 0.6 is 11.6 Å². The fourth-order valence-corrected chi connectivity index (χ4v) is 3.09. The van der Waals surface area contributed by atoms with Crippen LogP contribution in [0.5, 0.6) is 0 Å². The summed E-state index contributed by atoms with van der Waals surface area (Å²) < 4.78 is 0. The van der Waals surface area contributed by atoms with E-state index in [1.165, 1.54) is 11.0 Å². The van der Waals surface area contributed by atoms with Gasteiger partial charge >= 0.3 is 5.97 Å². The van der Waals surface area contributed by atoms with Gasteiger partial charge in [0.15, 0.2) is 0 Å². The van der Waals surface area contributed by atoms with Crippen molar-refractivity contribution in [3.05, 3.63) is 70.8 Å². The molecule has 0 spiro atoms. The van der Waals surface area contributed by atoms with E-state index in [0.29, 0.717) is 22.7 Å². The van der Waals surface area contributed by atoms with Gasteiger partial charge in [0.05, 0.1) is 11.6 Å². The van der Waals surface area contributed by atoms with E-state index in [-0.39, 0.29) is 18.2 Å². The average Bonchev–Trinajstić information content (AvgIpc) is 2.89. The molecule has 0 bridgehead atoms.